The van der Waals surface area contributed by atoms with E-state index in [1.54, 1.807) is 31.2 Å². The zero-order chi connectivity index (χ0) is 24.9. The summed E-state index contributed by atoms with van der Waals surface area (Å²) in [5.41, 5.74) is 1.36. The maximum Gasteiger partial charge on any atom is 0.332 e. The van der Waals surface area contributed by atoms with Crippen LogP contribution in [0.4, 0.5) is 0 Å². The minimum atomic E-state index is -0.949. The normalized spacial score (nSPS) is 18.0. The summed E-state index contributed by atoms with van der Waals surface area (Å²) >= 11 is 1.53. The summed E-state index contributed by atoms with van der Waals surface area (Å²) < 4.78 is 12.3. The molecule has 1 aromatic heterocycles. The van der Waals surface area contributed by atoms with Crippen molar-refractivity contribution in [3.63, 3.8) is 0 Å². The predicted octanol–water partition coefficient (Wildman–Crippen LogP) is 3.89. The molecule has 8 nitrogen and oxygen atoms in total. The number of nitrogens with zero attached hydrogens (tertiary/aromatic N) is 2. The Balaban J connectivity index is 1.48. The molecule has 1 fully saturated rings. The lowest BCUT2D eigenvalue weighted by Gasteiger charge is -2.49. The standard InChI is InChI=1S/C24H23N3O5S3/c1-14(2)20(23(30)31-3)27-21(29)19(26-18(28)13-32-15-9-5-4-6-10-15)22(27)34-35-24-25-16-11-7-8-12-17(16)33-24/h4-12,19-20,22H,1,13H2,2-3H3,(H,26,28)/t19-,20+,22-/m1/s1. The summed E-state index contributed by atoms with van der Waals surface area (Å²) in [7, 11) is 4.00. The number of hydrogen-bond acceptors (Lipinski definition) is 9. The predicted molar refractivity (Wildman–Crippen MR) is 138 cm³/mol. The number of fused-ring (bicyclic) bond motifs is 1. The Labute approximate surface area is 214 Å². The molecule has 1 saturated heterocycles. The van der Waals surface area contributed by atoms with Gasteiger partial charge in [0.25, 0.3) is 5.91 Å². The van der Waals surface area contributed by atoms with Crippen molar-refractivity contribution >= 4 is 60.9 Å². The van der Waals surface area contributed by atoms with E-state index in [1.807, 2.05) is 30.3 Å². The molecule has 0 spiro atoms. The first-order valence-electron chi connectivity index (χ1n) is 10.6. The molecule has 1 aliphatic heterocycles. The first-order valence-corrected chi connectivity index (χ1v) is 13.6. The molecule has 3 aromatic rings. The Kier molecular flexibility index (Phi) is 7.99. The third-order valence-corrected chi connectivity index (χ3v) is 9.20. The van der Waals surface area contributed by atoms with Crippen molar-refractivity contribution in [2.75, 3.05) is 13.7 Å². The van der Waals surface area contributed by atoms with Crippen LogP contribution in [0.2, 0.25) is 0 Å². The molecular formula is C24H23N3O5S3. The van der Waals surface area contributed by atoms with Gasteiger partial charge in [-0.1, -0.05) is 47.7 Å². The molecule has 4 rings (SSSR count). The minimum absolute atomic E-state index is 0.239. The summed E-state index contributed by atoms with van der Waals surface area (Å²) in [6.07, 6.45) is 0. The molecule has 35 heavy (non-hydrogen) atoms. The highest BCUT2D eigenvalue weighted by molar-refractivity contribution is 8.77. The van der Waals surface area contributed by atoms with Gasteiger partial charge in [-0.25, -0.2) is 9.78 Å². The molecule has 0 bridgehead atoms. The van der Waals surface area contributed by atoms with Gasteiger partial charge in [0.1, 0.15) is 17.2 Å². The number of rotatable bonds is 10. The van der Waals surface area contributed by atoms with Crippen LogP contribution in [0.3, 0.4) is 0 Å². The Morgan fingerprint density at radius 3 is 2.60 bits per heavy atom. The summed E-state index contributed by atoms with van der Waals surface area (Å²) in [6.45, 7) is 5.29. The van der Waals surface area contributed by atoms with Crippen LogP contribution in [0.25, 0.3) is 10.2 Å². The zero-order valence-electron chi connectivity index (χ0n) is 19.0. The third kappa shape index (κ3) is 5.63. The molecule has 2 heterocycles. The highest BCUT2D eigenvalue weighted by Gasteiger charge is 2.54. The van der Waals surface area contributed by atoms with Gasteiger partial charge in [0.05, 0.1) is 17.3 Å². The van der Waals surface area contributed by atoms with Gasteiger partial charge >= 0.3 is 5.97 Å². The number of benzene rings is 2. The van der Waals surface area contributed by atoms with Crippen molar-refractivity contribution in [1.82, 2.24) is 15.2 Å². The van der Waals surface area contributed by atoms with Crippen LogP contribution in [0.1, 0.15) is 6.92 Å². The summed E-state index contributed by atoms with van der Waals surface area (Å²) in [6, 6.07) is 14.9. The molecule has 2 aromatic carbocycles. The van der Waals surface area contributed by atoms with Gasteiger partial charge in [-0.2, -0.15) is 0 Å². The van der Waals surface area contributed by atoms with Crippen molar-refractivity contribution < 1.29 is 23.9 Å². The smallest absolute Gasteiger partial charge is 0.332 e. The number of thiazole rings is 1. The largest absolute Gasteiger partial charge is 0.484 e. The Bertz CT molecular complexity index is 1220. The number of amides is 2. The van der Waals surface area contributed by atoms with E-state index in [0.717, 1.165) is 14.6 Å². The minimum Gasteiger partial charge on any atom is -0.484 e. The first-order chi connectivity index (χ1) is 16.9. The van der Waals surface area contributed by atoms with Crippen molar-refractivity contribution in [1.29, 1.82) is 0 Å². The molecular weight excluding hydrogens is 506 g/mol. The fourth-order valence-electron chi connectivity index (χ4n) is 3.52. The molecule has 3 atom stereocenters. The molecule has 0 radical (unpaired) electrons. The van der Waals surface area contributed by atoms with Crippen LogP contribution < -0.4 is 10.1 Å². The molecule has 1 aliphatic rings. The Morgan fingerprint density at radius 1 is 1.20 bits per heavy atom. The number of ether oxygens (including phenoxy) is 2. The second kappa shape index (κ2) is 11.1. The number of carbonyl (C=O) groups excluding carboxylic acids is 3. The monoisotopic (exact) mass is 529 g/mol. The molecule has 11 heteroatoms. The number of esters is 1. The maximum absolute atomic E-state index is 13.1. The lowest BCUT2D eigenvalue weighted by Crippen LogP contribution is -2.73. The van der Waals surface area contributed by atoms with Gasteiger partial charge < -0.3 is 19.7 Å². The van der Waals surface area contributed by atoms with Gasteiger partial charge in [0.2, 0.25) is 5.91 Å². The summed E-state index contributed by atoms with van der Waals surface area (Å²) in [5.74, 6) is -0.862. The molecule has 1 N–H and O–H groups in total. The second-order valence-corrected chi connectivity index (χ2v) is 11.3. The maximum atomic E-state index is 13.1. The van der Waals surface area contributed by atoms with Crippen molar-refractivity contribution in [3.05, 3.63) is 66.7 Å². The van der Waals surface area contributed by atoms with Gasteiger partial charge in [-0.15, -0.1) is 11.3 Å². The van der Waals surface area contributed by atoms with E-state index in [1.165, 1.54) is 44.9 Å². The van der Waals surface area contributed by atoms with E-state index in [0.29, 0.717) is 11.3 Å². The SMILES string of the molecule is C=C(C)[C@@H](C(=O)OC)N1C(=O)[C@@H](NC(=O)COc2ccccc2)[C@H]1SSc1nc2ccccc2s1. The Morgan fingerprint density at radius 2 is 1.91 bits per heavy atom. The average molecular weight is 530 g/mol. The summed E-state index contributed by atoms with van der Waals surface area (Å²) in [4.78, 5) is 44.1. The van der Waals surface area contributed by atoms with Crippen molar-refractivity contribution in [2.45, 2.75) is 28.7 Å². The number of aromatic nitrogens is 1. The van der Waals surface area contributed by atoms with Gasteiger partial charge in [-0.3, -0.25) is 9.59 Å². The molecule has 2 amide bonds. The number of likely N-dealkylation sites (tertiary alicyclic amines) is 1. The van der Waals surface area contributed by atoms with E-state index in [2.05, 4.69) is 16.9 Å². The highest BCUT2D eigenvalue weighted by atomic mass is 33.1. The number of carbonyl (C=O) groups is 3. The van der Waals surface area contributed by atoms with Crippen LogP contribution >= 0.6 is 32.9 Å². The number of β-lactam (4-membered cyclic amide) rings is 1. The third-order valence-electron chi connectivity index (χ3n) is 5.17. The average Bonchev–Trinajstić information content (AvgIpc) is 3.28. The lowest BCUT2D eigenvalue weighted by molar-refractivity contribution is -0.161. The second-order valence-electron chi connectivity index (χ2n) is 7.68. The fourth-order valence-corrected chi connectivity index (χ4v) is 7.48. The van der Waals surface area contributed by atoms with Crippen molar-refractivity contribution in [3.8, 4) is 5.75 Å². The number of hydrogen-bond donors (Lipinski definition) is 1. The number of para-hydroxylation sites is 2. The topological polar surface area (TPSA) is 97.8 Å². The fraction of sp³-hybridized carbons (Fsp3) is 0.250. The number of nitrogens with one attached hydrogen (secondary N) is 1. The van der Waals surface area contributed by atoms with E-state index in [9.17, 15) is 14.4 Å². The quantitative estimate of drug-likeness (QED) is 0.183. The zero-order valence-corrected chi connectivity index (χ0v) is 21.5. The van der Waals surface area contributed by atoms with Crippen LogP contribution in [0.15, 0.2) is 71.1 Å². The van der Waals surface area contributed by atoms with Gasteiger partial charge in [0, 0.05) is 0 Å². The lowest BCUT2D eigenvalue weighted by atomic mass is 9.99. The molecule has 0 saturated carbocycles. The molecule has 182 valence electrons. The molecule has 0 aliphatic carbocycles. The van der Waals surface area contributed by atoms with E-state index in [-0.39, 0.29) is 12.5 Å². The van der Waals surface area contributed by atoms with Crippen LogP contribution in [-0.4, -0.2) is 58.8 Å². The van der Waals surface area contributed by atoms with Crippen LogP contribution in [-0.2, 0) is 19.1 Å². The highest BCUT2D eigenvalue weighted by Crippen LogP contribution is 2.45. The van der Waals surface area contributed by atoms with Crippen LogP contribution in [0, 0.1) is 0 Å². The Hall–Kier alpha value is -3.02. The van der Waals surface area contributed by atoms with E-state index >= 15 is 0 Å². The van der Waals surface area contributed by atoms with Crippen LogP contribution in [0.5, 0.6) is 5.75 Å². The van der Waals surface area contributed by atoms with Crippen molar-refractivity contribution in [2.24, 2.45) is 0 Å². The first kappa shape index (κ1) is 25.1. The van der Waals surface area contributed by atoms with E-state index in [4.69, 9.17) is 9.47 Å². The molecule has 0 unspecified atom stereocenters. The van der Waals surface area contributed by atoms with Gasteiger partial charge in [-0.05, 0) is 47.6 Å². The van der Waals surface area contributed by atoms with Gasteiger partial charge in [0.15, 0.2) is 17.0 Å². The van der Waals surface area contributed by atoms with E-state index < -0.39 is 29.3 Å². The summed E-state index contributed by atoms with van der Waals surface area (Å²) in [5, 5.41) is 2.20. The number of methoxy groups -OCH3 is 1.